The van der Waals surface area contributed by atoms with Crippen LogP contribution in [0.3, 0.4) is 0 Å². The normalized spacial score (nSPS) is 13.4. The predicted molar refractivity (Wildman–Crippen MR) is 62.9 cm³/mol. The van der Waals surface area contributed by atoms with Gasteiger partial charge in [0.15, 0.2) is 0 Å². The summed E-state index contributed by atoms with van der Waals surface area (Å²) in [5, 5.41) is 13.0. The van der Waals surface area contributed by atoms with Crippen molar-refractivity contribution in [1.29, 1.82) is 0 Å². The van der Waals surface area contributed by atoms with Crippen molar-refractivity contribution in [3.63, 3.8) is 0 Å². The summed E-state index contributed by atoms with van der Waals surface area (Å²) >= 11 is 1.34. The van der Waals surface area contributed by atoms with E-state index in [1.165, 1.54) is 18.3 Å². The highest BCUT2D eigenvalue weighted by molar-refractivity contribution is 7.52. The van der Waals surface area contributed by atoms with Crippen molar-refractivity contribution >= 4 is 24.8 Å². The van der Waals surface area contributed by atoms with E-state index in [-0.39, 0.29) is 13.0 Å². The first-order valence-corrected chi connectivity index (χ1v) is 7.49. The number of hydrogen-bond donors (Lipinski definition) is 3. The van der Waals surface area contributed by atoms with E-state index in [9.17, 15) is 24.4 Å². The van der Waals surface area contributed by atoms with Crippen LogP contribution < -0.4 is 0 Å². The first-order valence-electron chi connectivity index (χ1n) is 4.86. The van der Waals surface area contributed by atoms with Gasteiger partial charge >= 0.3 is 7.60 Å². The number of hydroxylamine groups is 2. The Kier molecular flexibility index (Phi) is 4.85. The summed E-state index contributed by atoms with van der Waals surface area (Å²) in [7, 11) is -4.29. The molecule has 0 fully saturated rings. The van der Waals surface area contributed by atoms with Gasteiger partial charge in [0, 0.05) is 13.5 Å². The van der Waals surface area contributed by atoms with Gasteiger partial charge in [0.25, 0.3) is 0 Å². The molecule has 3 N–H and O–H groups in total. The van der Waals surface area contributed by atoms with Crippen molar-refractivity contribution in [2.75, 3.05) is 6.54 Å². The summed E-state index contributed by atoms with van der Waals surface area (Å²) in [4.78, 5) is 29.2. The van der Waals surface area contributed by atoms with E-state index in [2.05, 4.69) is 0 Å². The fraction of sp³-hybridized carbons (Fsp3) is 0.444. The van der Waals surface area contributed by atoms with E-state index in [0.29, 0.717) is 10.6 Å². The van der Waals surface area contributed by atoms with Crippen molar-refractivity contribution in [2.24, 2.45) is 0 Å². The van der Waals surface area contributed by atoms with Crippen LogP contribution in [0.15, 0.2) is 16.8 Å². The Labute approximate surface area is 103 Å². The van der Waals surface area contributed by atoms with Gasteiger partial charge in [-0.2, -0.15) is 11.3 Å². The van der Waals surface area contributed by atoms with Crippen LogP contribution >= 0.6 is 18.9 Å². The summed E-state index contributed by atoms with van der Waals surface area (Å²) in [5.74, 6) is -0.556. The third-order valence-electron chi connectivity index (χ3n) is 2.31. The topological polar surface area (TPSA) is 98.1 Å². The first kappa shape index (κ1) is 14.3. The number of carbonyl (C=O) groups is 1. The largest absolute Gasteiger partial charge is 0.333 e. The van der Waals surface area contributed by atoms with Crippen LogP contribution in [-0.4, -0.2) is 32.5 Å². The monoisotopic (exact) mass is 279 g/mol. The Morgan fingerprint density at radius 2 is 2.24 bits per heavy atom. The van der Waals surface area contributed by atoms with Crippen molar-refractivity contribution in [1.82, 2.24) is 5.06 Å². The van der Waals surface area contributed by atoms with E-state index in [4.69, 9.17) is 0 Å². The van der Waals surface area contributed by atoms with E-state index >= 15 is 0 Å². The number of rotatable bonds is 5. The standard InChI is InChI=1S/C9H14NO5PS/c1-7(11)10(12)4-2-9(16(13,14)15)8-3-5-17-6-8/h3,5-6,9,12H,2,4H2,1H3,(H2,13,14,15). The zero-order valence-electron chi connectivity index (χ0n) is 9.18. The number of carbonyl (C=O) groups excluding carboxylic acids is 1. The van der Waals surface area contributed by atoms with Crippen LogP contribution in [0, 0.1) is 0 Å². The highest BCUT2D eigenvalue weighted by Crippen LogP contribution is 2.54. The van der Waals surface area contributed by atoms with Gasteiger partial charge in [-0.1, -0.05) is 0 Å². The summed E-state index contributed by atoms with van der Waals surface area (Å²) in [6.07, 6.45) is 0.0110. The van der Waals surface area contributed by atoms with Gasteiger partial charge in [-0.3, -0.25) is 14.6 Å². The highest BCUT2D eigenvalue weighted by Gasteiger charge is 2.31. The van der Waals surface area contributed by atoms with Gasteiger partial charge in [0.05, 0.1) is 5.66 Å². The molecule has 0 aliphatic carbocycles. The quantitative estimate of drug-likeness (QED) is 0.432. The molecule has 0 aromatic carbocycles. The van der Waals surface area contributed by atoms with E-state index in [1.54, 1.807) is 16.8 Å². The molecule has 1 heterocycles. The minimum Gasteiger partial charge on any atom is -0.324 e. The molecule has 1 atom stereocenters. The fourth-order valence-corrected chi connectivity index (χ4v) is 3.21. The Bertz CT molecular complexity index is 415. The molecule has 0 aliphatic rings. The van der Waals surface area contributed by atoms with E-state index < -0.39 is 19.2 Å². The van der Waals surface area contributed by atoms with Crippen LogP contribution in [-0.2, 0) is 9.36 Å². The Morgan fingerprint density at radius 3 is 2.65 bits per heavy atom. The Morgan fingerprint density at radius 1 is 1.59 bits per heavy atom. The van der Waals surface area contributed by atoms with Gasteiger partial charge in [-0.05, 0) is 28.8 Å². The number of hydrogen-bond acceptors (Lipinski definition) is 4. The molecule has 0 aliphatic heterocycles. The molecule has 0 spiro atoms. The van der Waals surface area contributed by atoms with Crippen molar-refractivity contribution in [2.45, 2.75) is 19.0 Å². The lowest BCUT2D eigenvalue weighted by molar-refractivity contribution is -0.162. The second kappa shape index (κ2) is 5.75. The molecule has 1 rings (SSSR count). The van der Waals surface area contributed by atoms with Gasteiger partial charge in [0.2, 0.25) is 5.91 Å². The molecule has 0 radical (unpaired) electrons. The number of nitrogens with zero attached hydrogens (tertiary/aromatic N) is 1. The van der Waals surface area contributed by atoms with E-state index in [0.717, 1.165) is 0 Å². The lowest BCUT2D eigenvalue weighted by atomic mass is 10.2. The molecule has 96 valence electrons. The molecule has 6 nitrogen and oxygen atoms in total. The highest BCUT2D eigenvalue weighted by atomic mass is 32.1. The first-order chi connectivity index (χ1) is 7.82. The van der Waals surface area contributed by atoms with Gasteiger partial charge in [-0.25, -0.2) is 5.06 Å². The van der Waals surface area contributed by atoms with E-state index in [1.807, 2.05) is 0 Å². The molecule has 0 saturated carbocycles. The Hall–Kier alpha value is -0.720. The van der Waals surface area contributed by atoms with Crippen LogP contribution in [0.25, 0.3) is 0 Å². The molecular weight excluding hydrogens is 265 g/mol. The summed E-state index contributed by atoms with van der Waals surface area (Å²) < 4.78 is 11.3. The molecule has 1 unspecified atom stereocenters. The summed E-state index contributed by atoms with van der Waals surface area (Å²) in [6.45, 7) is 1.07. The molecule has 0 bridgehead atoms. The molecule has 8 heteroatoms. The maximum Gasteiger partial charge on any atom is 0.333 e. The minimum atomic E-state index is -4.29. The van der Waals surface area contributed by atoms with Gasteiger partial charge < -0.3 is 9.79 Å². The zero-order chi connectivity index (χ0) is 13.1. The van der Waals surface area contributed by atoms with Crippen LogP contribution in [0.2, 0.25) is 0 Å². The SMILES string of the molecule is CC(=O)N(O)CCC(c1ccsc1)P(=O)(O)O. The smallest absolute Gasteiger partial charge is 0.324 e. The second-order valence-electron chi connectivity index (χ2n) is 3.59. The van der Waals surface area contributed by atoms with Crippen molar-refractivity contribution < 1.29 is 24.4 Å². The second-order valence-corrected chi connectivity index (χ2v) is 6.17. The molecule has 17 heavy (non-hydrogen) atoms. The minimum absolute atomic E-state index is 0.0110. The van der Waals surface area contributed by atoms with Gasteiger partial charge in [-0.15, -0.1) is 0 Å². The zero-order valence-corrected chi connectivity index (χ0v) is 10.9. The summed E-state index contributed by atoms with van der Waals surface area (Å²) in [5.41, 5.74) is -0.456. The fourth-order valence-electron chi connectivity index (χ4n) is 1.40. The van der Waals surface area contributed by atoms with Crippen LogP contribution in [0.5, 0.6) is 0 Å². The van der Waals surface area contributed by atoms with Crippen LogP contribution in [0.4, 0.5) is 0 Å². The lowest BCUT2D eigenvalue weighted by Gasteiger charge is -2.20. The third-order valence-corrected chi connectivity index (χ3v) is 4.38. The molecule has 1 aromatic heterocycles. The molecular formula is C9H14NO5PS. The molecule has 0 saturated heterocycles. The Balaban J connectivity index is 2.74. The third kappa shape index (κ3) is 4.22. The number of thiophene rings is 1. The maximum absolute atomic E-state index is 11.3. The average Bonchev–Trinajstić information content (AvgIpc) is 2.68. The number of amides is 1. The molecule has 1 aromatic rings. The van der Waals surface area contributed by atoms with Crippen molar-refractivity contribution in [3.8, 4) is 0 Å². The van der Waals surface area contributed by atoms with Crippen LogP contribution in [0.1, 0.15) is 24.6 Å². The maximum atomic E-state index is 11.3. The van der Waals surface area contributed by atoms with Crippen molar-refractivity contribution in [3.05, 3.63) is 22.4 Å². The average molecular weight is 279 g/mol. The summed E-state index contributed by atoms with van der Waals surface area (Å²) in [6, 6.07) is 1.63. The van der Waals surface area contributed by atoms with Gasteiger partial charge in [0.1, 0.15) is 0 Å². The molecule has 1 amide bonds. The predicted octanol–water partition coefficient (Wildman–Crippen LogP) is 1.59. The lowest BCUT2D eigenvalue weighted by Crippen LogP contribution is -2.26.